The monoisotopic (exact) mass is 353 g/mol. The number of nitrogens with zero attached hydrogens (tertiary/aromatic N) is 2. The molecule has 7 nitrogen and oxygen atoms in total. The quantitative estimate of drug-likeness (QED) is 0.707. The highest BCUT2D eigenvalue weighted by atomic mass is 32.1. The van der Waals surface area contributed by atoms with Gasteiger partial charge in [0.15, 0.2) is 5.13 Å². The number of nitrogens with two attached hydrogens (primary N) is 1. The van der Waals surface area contributed by atoms with Crippen molar-refractivity contribution in [1.82, 2.24) is 9.88 Å². The minimum Gasteiger partial charge on any atom is -0.478 e. The van der Waals surface area contributed by atoms with Crippen LogP contribution in [0.4, 0.5) is 5.13 Å². The second-order valence-corrected chi connectivity index (χ2v) is 7.05. The average molecular weight is 353 g/mol. The third-order valence-electron chi connectivity index (χ3n) is 4.45. The van der Waals surface area contributed by atoms with Crippen LogP contribution in [0, 0.1) is 5.92 Å². The summed E-state index contributed by atoms with van der Waals surface area (Å²) in [5.41, 5.74) is 7.10. The van der Waals surface area contributed by atoms with Crippen molar-refractivity contribution in [2.75, 3.05) is 18.8 Å². The number of piperidine rings is 1. The minimum absolute atomic E-state index is 0.558. The van der Waals surface area contributed by atoms with E-state index in [-0.39, 0.29) is 0 Å². The zero-order chi connectivity index (χ0) is 17.7. The number of likely N-dealkylation sites (N-methyl/N-ethyl adjacent to an activating group) is 1. The number of carboxylic acid groups (broad SMARTS) is 2. The summed E-state index contributed by atoms with van der Waals surface area (Å²) in [6.07, 6.45) is 6.18. The van der Waals surface area contributed by atoms with Gasteiger partial charge in [0.25, 0.3) is 0 Å². The molecule has 1 aromatic rings. The molecule has 1 aromatic heterocycles. The molecule has 1 aliphatic heterocycles. The van der Waals surface area contributed by atoms with Crippen LogP contribution in [-0.2, 0) is 22.4 Å². The highest BCUT2D eigenvalue weighted by molar-refractivity contribution is 7.15. The standard InChI is InChI=1S/C12H19N3S.C4H4O4/c1-2-15-5-3-4-8-6-9-11(7-10(8)15)16-12(13)14-9;5-3(6)1-2-4(7)8/h8,10H,2-7H2,1H3,(H2,13,14);1-2H,(H,5,6)(H,7,8). The predicted molar refractivity (Wildman–Crippen MR) is 92.1 cm³/mol. The second kappa shape index (κ2) is 8.25. The number of thiazole rings is 1. The Bertz CT molecular complexity index is 613. The second-order valence-electron chi connectivity index (χ2n) is 5.94. The molecule has 0 aromatic carbocycles. The molecule has 0 saturated carbocycles. The number of likely N-dealkylation sites (tertiary alicyclic amines) is 1. The fourth-order valence-electron chi connectivity index (χ4n) is 3.44. The van der Waals surface area contributed by atoms with E-state index in [4.69, 9.17) is 15.9 Å². The molecule has 3 rings (SSSR count). The van der Waals surface area contributed by atoms with Crippen molar-refractivity contribution in [1.29, 1.82) is 0 Å². The number of rotatable bonds is 3. The van der Waals surface area contributed by atoms with E-state index in [1.165, 1.54) is 42.9 Å². The van der Waals surface area contributed by atoms with Crippen LogP contribution in [0.1, 0.15) is 30.3 Å². The summed E-state index contributed by atoms with van der Waals surface area (Å²) in [5, 5.41) is 16.4. The fourth-order valence-corrected chi connectivity index (χ4v) is 4.35. The van der Waals surface area contributed by atoms with Crippen molar-refractivity contribution in [3.05, 3.63) is 22.7 Å². The molecule has 2 heterocycles. The molecule has 1 saturated heterocycles. The van der Waals surface area contributed by atoms with E-state index in [0.29, 0.717) is 12.2 Å². The Balaban J connectivity index is 0.000000224. The van der Waals surface area contributed by atoms with Gasteiger partial charge in [-0.25, -0.2) is 14.6 Å². The summed E-state index contributed by atoms with van der Waals surface area (Å²) in [7, 11) is 0. The van der Waals surface area contributed by atoms with Crippen molar-refractivity contribution in [3.63, 3.8) is 0 Å². The van der Waals surface area contributed by atoms with Crippen LogP contribution >= 0.6 is 11.3 Å². The van der Waals surface area contributed by atoms with Crippen LogP contribution in [0.15, 0.2) is 12.2 Å². The van der Waals surface area contributed by atoms with E-state index in [2.05, 4.69) is 16.8 Å². The maximum atomic E-state index is 9.55. The normalized spacial score (nSPS) is 23.0. The molecule has 1 aliphatic carbocycles. The van der Waals surface area contributed by atoms with Gasteiger partial charge in [-0.05, 0) is 44.7 Å². The molecule has 2 aliphatic rings. The smallest absolute Gasteiger partial charge is 0.328 e. The number of hydrogen-bond acceptors (Lipinski definition) is 6. The third kappa shape index (κ3) is 4.78. The van der Waals surface area contributed by atoms with Gasteiger partial charge in [-0.1, -0.05) is 6.92 Å². The van der Waals surface area contributed by atoms with Gasteiger partial charge in [-0.3, -0.25) is 0 Å². The van der Waals surface area contributed by atoms with Gasteiger partial charge in [0.05, 0.1) is 5.69 Å². The van der Waals surface area contributed by atoms with Crippen LogP contribution in [0.3, 0.4) is 0 Å². The van der Waals surface area contributed by atoms with Gasteiger partial charge < -0.3 is 20.8 Å². The molecule has 2 unspecified atom stereocenters. The van der Waals surface area contributed by atoms with Crippen LogP contribution in [0.2, 0.25) is 0 Å². The Labute approximate surface area is 144 Å². The molecular formula is C16H23N3O4S. The Hall–Kier alpha value is -1.93. The van der Waals surface area contributed by atoms with E-state index in [1.807, 2.05) is 0 Å². The molecule has 132 valence electrons. The van der Waals surface area contributed by atoms with Gasteiger partial charge in [0.1, 0.15) is 0 Å². The number of carbonyl (C=O) groups is 2. The van der Waals surface area contributed by atoms with Crippen molar-refractivity contribution in [2.24, 2.45) is 5.92 Å². The van der Waals surface area contributed by atoms with Crippen LogP contribution < -0.4 is 5.73 Å². The summed E-state index contributed by atoms with van der Waals surface area (Å²) >= 11 is 1.70. The Kier molecular flexibility index (Phi) is 6.33. The lowest BCUT2D eigenvalue weighted by molar-refractivity contribution is -0.134. The molecule has 2 atom stereocenters. The van der Waals surface area contributed by atoms with E-state index in [0.717, 1.165) is 23.5 Å². The van der Waals surface area contributed by atoms with Crippen molar-refractivity contribution < 1.29 is 19.8 Å². The van der Waals surface area contributed by atoms with Crippen molar-refractivity contribution in [2.45, 2.75) is 38.6 Å². The molecule has 0 radical (unpaired) electrons. The number of fused-ring (bicyclic) bond motifs is 2. The molecule has 0 amide bonds. The summed E-state index contributed by atoms with van der Waals surface area (Å²) in [6, 6.07) is 0.756. The van der Waals surface area contributed by atoms with Crippen molar-refractivity contribution >= 4 is 28.4 Å². The van der Waals surface area contributed by atoms with E-state index >= 15 is 0 Å². The summed E-state index contributed by atoms with van der Waals surface area (Å²) in [6.45, 7) is 4.74. The topological polar surface area (TPSA) is 117 Å². The number of nitrogen functional groups attached to an aromatic ring is 1. The molecule has 0 bridgehead atoms. The fraction of sp³-hybridized carbons (Fsp3) is 0.562. The first-order chi connectivity index (χ1) is 11.4. The molecular weight excluding hydrogens is 330 g/mol. The van der Waals surface area contributed by atoms with Gasteiger partial charge in [-0.15, -0.1) is 11.3 Å². The molecule has 1 fully saturated rings. The zero-order valence-electron chi connectivity index (χ0n) is 13.6. The van der Waals surface area contributed by atoms with E-state index < -0.39 is 11.9 Å². The lowest BCUT2D eigenvalue weighted by Gasteiger charge is -2.43. The number of aliphatic carboxylic acids is 2. The largest absolute Gasteiger partial charge is 0.478 e. The number of carboxylic acids is 2. The lowest BCUT2D eigenvalue weighted by atomic mass is 9.79. The maximum absolute atomic E-state index is 9.55. The Morgan fingerprint density at radius 3 is 2.58 bits per heavy atom. The molecule has 4 N–H and O–H groups in total. The summed E-state index contributed by atoms with van der Waals surface area (Å²) < 4.78 is 0. The Morgan fingerprint density at radius 1 is 1.33 bits per heavy atom. The average Bonchev–Trinajstić information content (AvgIpc) is 2.89. The van der Waals surface area contributed by atoms with Gasteiger partial charge in [0, 0.05) is 23.1 Å². The van der Waals surface area contributed by atoms with Crippen LogP contribution in [-0.4, -0.2) is 51.2 Å². The van der Waals surface area contributed by atoms with Gasteiger partial charge in [0.2, 0.25) is 0 Å². The number of hydrogen-bond donors (Lipinski definition) is 3. The highest BCUT2D eigenvalue weighted by Gasteiger charge is 2.36. The first kappa shape index (κ1) is 18.4. The first-order valence-corrected chi connectivity index (χ1v) is 8.84. The first-order valence-electron chi connectivity index (χ1n) is 8.02. The van der Waals surface area contributed by atoms with Crippen LogP contribution in [0.5, 0.6) is 0 Å². The number of anilines is 1. The summed E-state index contributed by atoms with van der Waals surface area (Å²) in [4.78, 5) is 27.7. The van der Waals surface area contributed by atoms with Gasteiger partial charge >= 0.3 is 11.9 Å². The van der Waals surface area contributed by atoms with Gasteiger partial charge in [-0.2, -0.15) is 0 Å². The van der Waals surface area contributed by atoms with E-state index in [1.54, 1.807) is 11.3 Å². The molecule has 8 heteroatoms. The number of aromatic nitrogens is 1. The predicted octanol–water partition coefficient (Wildman–Crippen LogP) is 1.64. The Morgan fingerprint density at radius 2 is 2.00 bits per heavy atom. The van der Waals surface area contributed by atoms with E-state index in [9.17, 15) is 9.59 Å². The van der Waals surface area contributed by atoms with Crippen LogP contribution in [0.25, 0.3) is 0 Å². The van der Waals surface area contributed by atoms with Crippen molar-refractivity contribution in [3.8, 4) is 0 Å². The molecule has 24 heavy (non-hydrogen) atoms. The zero-order valence-corrected chi connectivity index (χ0v) is 14.5. The highest BCUT2D eigenvalue weighted by Crippen LogP contribution is 2.37. The summed E-state index contributed by atoms with van der Waals surface area (Å²) in [5.74, 6) is -1.69. The lowest BCUT2D eigenvalue weighted by Crippen LogP contribution is -2.48. The SMILES string of the molecule is CCN1CCCC2Cc3nc(N)sc3CC21.O=C(O)C=CC(=O)O. The minimum atomic E-state index is -1.26. The third-order valence-corrected chi connectivity index (χ3v) is 5.40. The molecule has 0 spiro atoms. The maximum Gasteiger partial charge on any atom is 0.328 e.